The van der Waals surface area contributed by atoms with Crippen LogP contribution >= 0.6 is 22.9 Å². The molecular weight excluding hydrogens is 320 g/mol. The zero-order chi connectivity index (χ0) is 14.3. The average molecular weight is 333 g/mol. The Balaban J connectivity index is 1.92. The van der Waals surface area contributed by atoms with Crippen LogP contribution in [0.5, 0.6) is 5.75 Å². The van der Waals surface area contributed by atoms with E-state index in [-0.39, 0.29) is 17.5 Å². The molecule has 0 radical (unpaired) electrons. The van der Waals surface area contributed by atoms with Crippen molar-refractivity contribution in [2.24, 2.45) is 0 Å². The lowest BCUT2D eigenvalue weighted by atomic mass is 10.3. The van der Waals surface area contributed by atoms with E-state index in [0.29, 0.717) is 27.8 Å². The number of methoxy groups -OCH3 is 1. The summed E-state index contributed by atoms with van der Waals surface area (Å²) < 4.78 is 29.0. The molecule has 1 aliphatic heterocycles. The monoisotopic (exact) mass is 332 g/mol. The molecule has 0 saturated carbocycles. The van der Waals surface area contributed by atoms with E-state index in [1.165, 1.54) is 11.3 Å². The Kier molecular flexibility index (Phi) is 3.51. The highest BCUT2D eigenvalue weighted by Crippen LogP contribution is 2.37. The maximum Gasteiger partial charge on any atom is 0.184 e. The smallest absolute Gasteiger partial charge is 0.184 e. The minimum Gasteiger partial charge on any atom is -0.494 e. The second-order valence-corrected chi connectivity index (χ2v) is 8.33. The fourth-order valence-corrected chi connectivity index (χ4v) is 5.17. The van der Waals surface area contributed by atoms with Crippen molar-refractivity contribution in [3.05, 3.63) is 17.2 Å². The number of hydrogen-bond donors (Lipinski definition) is 1. The number of aromatic nitrogens is 1. The fourth-order valence-electron chi connectivity index (χ4n) is 2.26. The summed E-state index contributed by atoms with van der Waals surface area (Å²) in [6.07, 6.45) is 0.614. The summed E-state index contributed by atoms with van der Waals surface area (Å²) in [5.74, 6) is 1.06. The Bertz CT molecular complexity index is 757. The van der Waals surface area contributed by atoms with Gasteiger partial charge in [0.05, 0.1) is 28.3 Å². The van der Waals surface area contributed by atoms with Crippen LogP contribution < -0.4 is 10.1 Å². The molecule has 1 saturated heterocycles. The third-order valence-electron chi connectivity index (χ3n) is 3.24. The molecule has 1 unspecified atom stereocenters. The van der Waals surface area contributed by atoms with Crippen molar-refractivity contribution in [3.8, 4) is 5.75 Å². The van der Waals surface area contributed by atoms with E-state index in [1.54, 1.807) is 19.2 Å². The van der Waals surface area contributed by atoms with Crippen molar-refractivity contribution >= 4 is 48.1 Å². The molecule has 2 heterocycles. The fraction of sp³-hybridized carbons (Fsp3) is 0.417. The van der Waals surface area contributed by atoms with E-state index >= 15 is 0 Å². The first-order chi connectivity index (χ1) is 9.48. The van der Waals surface area contributed by atoms with E-state index in [0.717, 1.165) is 4.70 Å². The second-order valence-electron chi connectivity index (χ2n) is 4.69. The van der Waals surface area contributed by atoms with Gasteiger partial charge in [-0.25, -0.2) is 13.4 Å². The van der Waals surface area contributed by atoms with E-state index in [9.17, 15) is 8.42 Å². The van der Waals surface area contributed by atoms with E-state index in [2.05, 4.69) is 10.3 Å². The van der Waals surface area contributed by atoms with E-state index in [1.807, 2.05) is 0 Å². The molecule has 8 heteroatoms. The van der Waals surface area contributed by atoms with Crippen molar-refractivity contribution in [3.63, 3.8) is 0 Å². The van der Waals surface area contributed by atoms with Gasteiger partial charge in [-0.15, -0.1) is 0 Å². The van der Waals surface area contributed by atoms with Gasteiger partial charge in [0.1, 0.15) is 11.3 Å². The number of hydrogen-bond acceptors (Lipinski definition) is 6. The van der Waals surface area contributed by atoms with Crippen molar-refractivity contribution in [2.45, 2.75) is 12.5 Å². The molecule has 0 amide bonds. The lowest BCUT2D eigenvalue weighted by Crippen LogP contribution is -2.20. The number of nitrogens with zero attached hydrogens (tertiary/aromatic N) is 1. The zero-order valence-electron chi connectivity index (χ0n) is 10.7. The molecule has 108 valence electrons. The van der Waals surface area contributed by atoms with Gasteiger partial charge in [-0.3, -0.25) is 0 Å². The van der Waals surface area contributed by atoms with Gasteiger partial charge in [0, 0.05) is 6.04 Å². The number of rotatable bonds is 3. The van der Waals surface area contributed by atoms with Crippen LogP contribution in [0.2, 0.25) is 5.02 Å². The normalized spacial score (nSPS) is 21.2. The van der Waals surface area contributed by atoms with Crippen LogP contribution in [0.25, 0.3) is 10.2 Å². The Morgan fingerprint density at radius 2 is 2.30 bits per heavy atom. The molecule has 20 heavy (non-hydrogen) atoms. The van der Waals surface area contributed by atoms with Gasteiger partial charge in [0.25, 0.3) is 0 Å². The maximum absolute atomic E-state index is 11.5. The summed E-state index contributed by atoms with van der Waals surface area (Å²) >= 11 is 7.56. The zero-order valence-corrected chi connectivity index (χ0v) is 13.1. The molecule has 0 bridgehead atoms. The predicted octanol–water partition coefficient (Wildman–Crippen LogP) is 2.56. The van der Waals surface area contributed by atoms with Gasteiger partial charge >= 0.3 is 0 Å². The molecule has 0 aliphatic carbocycles. The molecule has 1 atom stereocenters. The Morgan fingerprint density at radius 3 is 2.95 bits per heavy atom. The largest absolute Gasteiger partial charge is 0.494 e. The van der Waals surface area contributed by atoms with Crippen LogP contribution in [0.3, 0.4) is 0 Å². The number of thiazole rings is 1. The number of halogens is 1. The molecule has 2 aromatic rings. The Hall–Kier alpha value is -1.05. The van der Waals surface area contributed by atoms with Gasteiger partial charge in [-0.1, -0.05) is 22.9 Å². The number of sulfone groups is 1. The molecular formula is C12H13ClN2O3S2. The van der Waals surface area contributed by atoms with Crippen molar-refractivity contribution in [2.75, 3.05) is 23.9 Å². The molecule has 5 nitrogen and oxygen atoms in total. The molecule has 1 fully saturated rings. The van der Waals surface area contributed by atoms with E-state index in [4.69, 9.17) is 16.3 Å². The predicted molar refractivity (Wildman–Crippen MR) is 81.9 cm³/mol. The van der Waals surface area contributed by atoms with E-state index < -0.39 is 9.84 Å². The van der Waals surface area contributed by atoms with Crippen LogP contribution in [0, 0.1) is 0 Å². The quantitative estimate of drug-likeness (QED) is 0.935. The minimum absolute atomic E-state index is 0.0784. The topological polar surface area (TPSA) is 68.3 Å². The van der Waals surface area contributed by atoms with Crippen LogP contribution in [0.15, 0.2) is 12.1 Å². The van der Waals surface area contributed by atoms with Gasteiger partial charge < -0.3 is 10.1 Å². The van der Waals surface area contributed by atoms with Gasteiger partial charge in [-0.05, 0) is 18.6 Å². The summed E-state index contributed by atoms with van der Waals surface area (Å²) in [6.45, 7) is 0. The van der Waals surface area contributed by atoms with Crippen LogP contribution in [-0.4, -0.2) is 38.1 Å². The van der Waals surface area contributed by atoms with Gasteiger partial charge in [0.2, 0.25) is 0 Å². The molecule has 0 spiro atoms. The first kappa shape index (κ1) is 13.9. The summed E-state index contributed by atoms with van der Waals surface area (Å²) in [5, 5.41) is 4.47. The van der Waals surface area contributed by atoms with Crippen molar-refractivity contribution in [1.29, 1.82) is 0 Å². The second kappa shape index (κ2) is 5.05. The summed E-state index contributed by atoms with van der Waals surface area (Å²) in [6, 6.07) is 3.46. The highest BCUT2D eigenvalue weighted by atomic mass is 35.5. The number of ether oxygens (including phenoxy) is 1. The highest BCUT2D eigenvalue weighted by molar-refractivity contribution is 7.91. The summed E-state index contributed by atoms with van der Waals surface area (Å²) in [4.78, 5) is 4.46. The summed E-state index contributed by atoms with van der Waals surface area (Å²) in [5.41, 5.74) is 0.702. The third-order valence-corrected chi connectivity index (χ3v) is 6.45. The maximum atomic E-state index is 11.5. The number of benzene rings is 1. The lowest BCUT2D eigenvalue weighted by molar-refractivity contribution is 0.419. The number of fused-ring (bicyclic) bond motifs is 1. The van der Waals surface area contributed by atoms with Crippen molar-refractivity contribution < 1.29 is 13.2 Å². The third kappa shape index (κ3) is 2.57. The number of anilines is 1. The molecule has 1 aromatic heterocycles. The van der Waals surface area contributed by atoms with Crippen LogP contribution in [0.1, 0.15) is 6.42 Å². The summed E-state index contributed by atoms with van der Waals surface area (Å²) in [7, 11) is -1.32. The van der Waals surface area contributed by atoms with Gasteiger partial charge in [-0.2, -0.15) is 0 Å². The Morgan fingerprint density at radius 1 is 1.50 bits per heavy atom. The highest BCUT2D eigenvalue weighted by Gasteiger charge is 2.28. The van der Waals surface area contributed by atoms with Crippen molar-refractivity contribution in [1.82, 2.24) is 4.98 Å². The van der Waals surface area contributed by atoms with Crippen LogP contribution in [0.4, 0.5) is 5.13 Å². The van der Waals surface area contributed by atoms with Gasteiger partial charge in [0.15, 0.2) is 15.0 Å². The number of nitrogens with one attached hydrogen (secondary N) is 1. The molecule has 1 aromatic carbocycles. The Labute approximate surface area is 125 Å². The molecule has 3 rings (SSSR count). The first-order valence-corrected chi connectivity index (χ1v) is 9.10. The molecule has 1 aliphatic rings. The SMILES string of the molecule is COc1ccc(Cl)c2sc(NC3CCS(=O)(=O)C3)nc12. The minimum atomic E-state index is -2.90. The van der Waals surface area contributed by atoms with Crippen LogP contribution in [-0.2, 0) is 9.84 Å². The average Bonchev–Trinajstić information content (AvgIpc) is 2.94. The standard InChI is InChI=1S/C12H13ClN2O3S2/c1-18-9-3-2-8(13)11-10(9)15-12(19-11)14-7-4-5-20(16,17)6-7/h2-3,7H,4-6H2,1H3,(H,14,15). The molecule has 1 N–H and O–H groups in total. The lowest BCUT2D eigenvalue weighted by Gasteiger charge is -2.07. The first-order valence-electron chi connectivity index (χ1n) is 6.08.